The average Bonchev–Trinajstić information content (AvgIpc) is 3.15. The normalized spacial score (nSPS) is 19.5. The third-order valence-electron chi connectivity index (χ3n) is 4.27. The molecule has 8 nitrogen and oxygen atoms in total. The van der Waals surface area contributed by atoms with Gasteiger partial charge in [-0.05, 0) is 43.3 Å². The molecule has 0 aromatic heterocycles. The molecule has 4 N–H and O–H groups in total. The lowest BCUT2D eigenvalue weighted by Crippen LogP contribution is -2.45. The van der Waals surface area contributed by atoms with Crippen LogP contribution in [-0.2, 0) is 14.8 Å². The van der Waals surface area contributed by atoms with Gasteiger partial charge in [0, 0.05) is 17.9 Å². The highest BCUT2D eigenvalue weighted by molar-refractivity contribution is 7.93. The van der Waals surface area contributed by atoms with Crippen LogP contribution in [0.3, 0.4) is 0 Å². The van der Waals surface area contributed by atoms with Crippen LogP contribution >= 0.6 is 0 Å². The second-order valence-electron chi connectivity index (χ2n) is 6.28. The zero-order chi connectivity index (χ0) is 19.4. The summed E-state index contributed by atoms with van der Waals surface area (Å²) < 4.78 is 33.0. The molecule has 9 heteroatoms. The van der Waals surface area contributed by atoms with Crippen molar-refractivity contribution in [2.24, 2.45) is 5.92 Å². The zero-order valence-electron chi connectivity index (χ0n) is 15.0. The van der Waals surface area contributed by atoms with E-state index in [4.69, 9.17) is 4.74 Å². The number of hydrazine groups is 1. The Morgan fingerprint density at radius 3 is 2.33 bits per heavy atom. The molecule has 0 bridgehead atoms. The molecular weight excluding hydrogens is 368 g/mol. The molecule has 1 saturated heterocycles. The van der Waals surface area contributed by atoms with Gasteiger partial charge in [0.1, 0.15) is 5.75 Å². The van der Waals surface area contributed by atoms with Gasteiger partial charge in [-0.1, -0.05) is 17.7 Å². The second-order valence-corrected chi connectivity index (χ2v) is 8.09. The lowest BCUT2D eigenvalue weighted by atomic mass is 10.1. The number of benzene rings is 2. The molecule has 0 aliphatic carbocycles. The maximum Gasteiger partial charge on any atom is 0.250 e. The number of carbonyl (C=O) groups excluding carboxylic acids is 1. The Labute approximate surface area is 158 Å². The van der Waals surface area contributed by atoms with Gasteiger partial charge >= 0.3 is 0 Å². The highest BCUT2D eigenvalue weighted by Gasteiger charge is 2.41. The van der Waals surface area contributed by atoms with Gasteiger partial charge in [0.15, 0.2) is 5.37 Å². The molecule has 1 aliphatic heterocycles. The zero-order valence-corrected chi connectivity index (χ0v) is 15.8. The average molecular weight is 390 g/mol. The molecule has 0 saturated carbocycles. The molecule has 2 atom stereocenters. The fraction of sp³-hybridized carbons (Fsp3) is 0.278. The van der Waals surface area contributed by atoms with Crippen molar-refractivity contribution in [3.63, 3.8) is 0 Å². The van der Waals surface area contributed by atoms with Gasteiger partial charge < -0.3 is 10.1 Å². The standard InChI is InChI=1S/C18H22N4O4S/c1-12-3-5-13(6-4-12)20-17(23)16-11-19-21-18(16)27(24,25)22-14-7-9-15(26-2)10-8-14/h3-10,16,18-19,21-22H,11H2,1-2H3,(H,20,23). The molecule has 0 radical (unpaired) electrons. The van der Waals surface area contributed by atoms with Gasteiger partial charge in [-0.2, -0.15) is 0 Å². The number of hydrogen-bond acceptors (Lipinski definition) is 6. The summed E-state index contributed by atoms with van der Waals surface area (Å²) in [6.07, 6.45) is 0. The van der Waals surface area contributed by atoms with Crippen LogP contribution in [-0.4, -0.2) is 33.4 Å². The number of amides is 1. The number of ether oxygens (including phenoxy) is 1. The van der Waals surface area contributed by atoms with Crippen molar-refractivity contribution in [2.75, 3.05) is 23.7 Å². The predicted molar refractivity (Wildman–Crippen MR) is 104 cm³/mol. The Bertz CT molecular complexity index is 898. The van der Waals surface area contributed by atoms with Crippen molar-refractivity contribution in [1.82, 2.24) is 10.9 Å². The fourth-order valence-corrected chi connectivity index (χ4v) is 4.24. The predicted octanol–water partition coefficient (Wildman–Crippen LogP) is 1.43. The van der Waals surface area contributed by atoms with Crippen molar-refractivity contribution in [3.8, 4) is 5.75 Å². The summed E-state index contributed by atoms with van der Waals surface area (Å²) in [6.45, 7) is 2.15. The quantitative estimate of drug-likeness (QED) is 0.594. The summed E-state index contributed by atoms with van der Waals surface area (Å²) in [4.78, 5) is 12.6. The minimum absolute atomic E-state index is 0.200. The molecule has 144 valence electrons. The number of rotatable bonds is 6. The molecule has 1 heterocycles. The van der Waals surface area contributed by atoms with E-state index in [1.54, 1.807) is 36.4 Å². The molecule has 2 unspecified atom stereocenters. The minimum atomic E-state index is -3.85. The largest absolute Gasteiger partial charge is 0.497 e. The summed E-state index contributed by atoms with van der Waals surface area (Å²) in [5.41, 5.74) is 7.52. The molecule has 1 aliphatic rings. The van der Waals surface area contributed by atoms with Crippen LogP contribution in [0.1, 0.15) is 5.56 Å². The van der Waals surface area contributed by atoms with Gasteiger partial charge in [-0.15, -0.1) is 0 Å². The van der Waals surface area contributed by atoms with Crippen molar-refractivity contribution >= 4 is 27.3 Å². The first-order chi connectivity index (χ1) is 12.9. The summed E-state index contributed by atoms with van der Waals surface area (Å²) in [5, 5.41) is 1.66. The fourth-order valence-electron chi connectivity index (χ4n) is 2.76. The monoisotopic (exact) mass is 390 g/mol. The Morgan fingerprint density at radius 1 is 1.07 bits per heavy atom. The minimum Gasteiger partial charge on any atom is -0.497 e. The van der Waals surface area contributed by atoms with E-state index >= 15 is 0 Å². The molecule has 2 aromatic carbocycles. The first kappa shape index (κ1) is 19.2. The van der Waals surface area contributed by atoms with E-state index in [-0.39, 0.29) is 12.5 Å². The number of sulfonamides is 1. The highest BCUT2D eigenvalue weighted by atomic mass is 32.2. The van der Waals surface area contributed by atoms with Crippen molar-refractivity contribution in [2.45, 2.75) is 12.3 Å². The third-order valence-corrected chi connectivity index (χ3v) is 5.91. The van der Waals surface area contributed by atoms with Gasteiger partial charge in [0.25, 0.3) is 10.0 Å². The van der Waals surface area contributed by atoms with E-state index in [0.717, 1.165) is 5.56 Å². The topological polar surface area (TPSA) is 109 Å². The van der Waals surface area contributed by atoms with E-state index in [2.05, 4.69) is 20.9 Å². The van der Waals surface area contributed by atoms with Crippen LogP contribution in [0, 0.1) is 12.8 Å². The van der Waals surface area contributed by atoms with Gasteiger partial charge in [-0.3, -0.25) is 14.9 Å². The summed E-state index contributed by atoms with van der Waals surface area (Å²) in [5.74, 6) is -0.544. The molecule has 1 fully saturated rings. The highest BCUT2D eigenvalue weighted by Crippen LogP contribution is 2.21. The molecule has 2 aromatic rings. The number of nitrogens with one attached hydrogen (secondary N) is 4. The molecule has 0 spiro atoms. The lowest BCUT2D eigenvalue weighted by Gasteiger charge is -2.19. The van der Waals surface area contributed by atoms with E-state index in [1.807, 2.05) is 19.1 Å². The lowest BCUT2D eigenvalue weighted by molar-refractivity contribution is -0.119. The number of anilines is 2. The van der Waals surface area contributed by atoms with Gasteiger partial charge in [0.05, 0.1) is 13.0 Å². The van der Waals surface area contributed by atoms with E-state index in [0.29, 0.717) is 17.1 Å². The van der Waals surface area contributed by atoms with E-state index in [1.165, 1.54) is 7.11 Å². The molecule has 27 heavy (non-hydrogen) atoms. The van der Waals surface area contributed by atoms with Crippen LogP contribution in [0.5, 0.6) is 5.75 Å². The number of aryl methyl sites for hydroxylation is 1. The van der Waals surface area contributed by atoms with Crippen LogP contribution in [0.4, 0.5) is 11.4 Å². The first-order valence-electron chi connectivity index (χ1n) is 8.40. The Kier molecular flexibility index (Phi) is 5.64. The Morgan fingerprint density at radius 2 is 1.70 bits per heavy atom. The van der Waals surface area contributed by atoms with E-state index in [9.17, 15) is 13.2 Å². The van der Waals surface area contributed by atoms with Crippen LogP contribution < -0.4 is 25.6 Å². The van der Waals surface area contributed by atoms with Crippen LogP contribution in [0.25, 0.3) is 0 Å². The van der Waals surface area contributed by atoms with Crippen molar-refractivity contribution in [3.05, 3.63) is 54.1 Å². The SMILES string of the molecule is COc1ccc(NS(=O)(=O)C2NNCC2C(=O)Nc2ccc(C)cc2)cc1. The first-order valence-corrected chi connectivity index (χ1v) is 9.95. The van der Waals surface area contributed by atoms with Gasteiger partial charge in [0.2, 0.25) is 5.91 Å². The maximum atomic E-state index is 12.7. The third kappa shape index (κ3) is 4.57. The number of methoxy groups -OCH3 is 1. The maximum absolute atomic E-state index is 12.7. The molecule has 3 rings (SSSR count). The van der Waals surface area contributed by atoms with Crippen LogP contribution in [0.2, 0.25) is 0 Å². The molecular formula is C18H22N4O4S. The Hall–Kier alpha value is -2.62. The summed E-state index contributed by atoms with van der Waals surface area (Å²) >= 11 is 0. The van der Waals surface area contributed by atoms with Crippen molar-refractivity contribution in [1.29, 1.82) is 0 Å². The number of hydrogen-bond donors (Lipinski definition) is 4. The summed E-state index contributed by atoms with van der Waals surface area (Å²) in [7, 11) is -2.32. The van der Waals surface area contributed by atoms with Crippen LogP contribution in [0.15, 0.2) is 48.5 Å². The van der Waals surface area contributed by atoms with Crippen molar-refractivity contribution < 1.29 is 17.9 Å². The van der Waals surface area contributed by atoms with E-state index < -0.39 is 21.3 Å². The number of carbonyl (C=O) groups is 1. The van der Waals surface area contributed by atoms with Gasteiger partial charge in [-0.25, -0.2) is 13.8 Å². The summed E-state index contributed by atoms with van der Waals surface area (Å²) in [6, 6.07) is 13.8. The second kappa shape index (κ2) is 7.95. The smallest absolute Gasteiger partial charge is 0.250 e. The molecule has 1 amide bonds. The Balaban J connectivity index is 1.71.